The van der Waals surface area contributed by atoms with E-state index in [1.807, 2.05) is 18.2 Å². The minimum atomic E-state index is -0.176. The van der Waals surface area contributed by atoms with E-state index >= 15 is 0 Å². The lowest BCUT2D eigenvalue weighted by atomic mass is 10.2. The van der Waals surface area contributed by atoms with Gasteiger partial charge in [-0.3, -0.25) is 9.59 Å². The van der Waals surface area contributed by atoms with Crippen LogP contribution in [0.25, 0.3) is 0 Å². The van der Waals surface area contributed by atoms with Crippen molar-refractivity contribution >= 4 is 35.0 Å². The first-order valence-electron chi connectivity index (χ1n) is 8.42. The predicted octanol–water partition coefficient (Wildman–Crippen LogP) is 2.25. The van der Waals surface area contributed by atoms with Crippen molar-refractivity contribution in [2.45, 2.75) is 37.4 Å². The highest BCUT2D eigenvalue weighted by Crippen LogP contribution is 2.40. The Morgan fingerprint density at radius 1 is 1.32 bits per heavy atom. The molecule has 0 saturated heterocycles. The van der Waals surface area contributed by atoms with Crippen molar-refractivity contribution in [2.75, 3.05) is 22.5 Å². The van der Waals surface area contributed by atoms with Crippen molar-refractivity contribution in [3.05, 3.63) is 30.1 Å². The van der Waals surface area contributed by atoms with Gasteiger partial charge in [-0.15, -0.1) is 10.2 Å². The van der Waals surface area contributed by atoms with Crippen LogP contribution in [0.2, 0.25) is 0 Å². The highest BCUT2D eigenvalue weighted by atomic mass is 32.2. The fraction of sp³-hybridized carbons (Fsp3) is 0.412. The quantitative estimate of drug-likeness (QED) is 0.830. The summed E-state index contributed by atoms with van der Waals surface area (Å²) in [5, 5.41) is 12.1. The molecule has 2 aromatic rings. The van der Waals surface area contributed by atoms with Crippen LogP contribution in [0.3, 0.4) is 0 Å². The first-order chi connectivity index (χ1) is 12.2. The lowest BCUT2D eigenvalue weighted by molar-refractivity contribution is -0.120. The average Bonchev–Trinajstić information content (AvgIpc) is 3.38. The monoisotopic (exact) mass is 357 g/mol. The Bertz CT molecular complexity index is 830. The Morgan fingerprint density at radius 2 is 2.12 bits per heavy atom. The third-order valence-electron chi connectivity index (χ3n) is 4.40. The lowest BCUT2D eigenvalue weighted by Gasteiger charge is -2.29. The molecule has 1 N–H and O–H groups in total. The fourth-order valence-corrected chi connectivity index (χ4v) is 3.89. The van der Waals surface area contributed by atoms with Crippen molar-refractivity contribution < 1.29 is 9.59 Å². The SMILES string of the molecule is CCn1c(SCC(=O)N2CC(=O)Nc3ccccc32)nnc1C1CC1. The zero-order valence-corrected chi connectivity index (χ0v) is 14.8. The van der Waals surface area contributed by atoms with Crippen molar-refractivity contribution in [2.24, 2.45) is 0 Å². The highest BCUT2D eigenvalue weighted by Gasteiger charge is 2.31. The summed E-state index contributed by atoms with van der Waals surface area (Å²) in [6.07, 6.45) is 2.34. The topological polar surface area (TPSA) is 80.1 Å². The number of hydrogen-bond donors (Lipinski definition) is 1. The number of rotatable bonds is 5. The van der Waals surface area contributed by atoms with Gasteiger partial charge in [0.2, 0.25) is 11.8 Å². The molecule has 2 heterocycles. The number of nitrogens with zero attached hydrogens (tertiary/aromatic N) is 4. The molecule has 130 valence electrons. The molecule has 0 spiro atoms. The molecule has 1 fully saturated rings. The van der Waals surface area contributed by atoms with Gasteiger partial charge in [-0.05, 0) is 31.9 Å². The Hall–Kier alpha value is -2.35. The van der Waals surface area contributed by atoms with Crippen LogP contribution in [0.4, 0.5) is 11.4 Å². The van der Waals surface area contributed by atoms with Crippen molar-refractivity contribution in [1.29, 1.82) is 0 Å². The van der Waals surface area contributed by atoms with E-state index in [0.717, 1.165) is 23.2 Å². The summed E-state index contributed by atoms with van der Waals surface area (Å²) in [5.74, 6) is 1.50. The van der Waals surface area contributed by atoms with Crippen molar-refractivity contribution in [3.63, 3.8) is 0 Å². The molecule has 4 rings (SSSR count). The Kier molecular flexibility index (Phi) is 4.20. The van der Waals surface area contributed by atoms with Gasteiger partial charge in [0.05, 0.1) is 17.1 Å². The van der Waals surface area contributed by atoms with Crippen LogP contribution in [-0.2, 0) is 16.1 Å². The van der Waals surface area contributed by atoms with Crippen LogP contribution < -0.4 is 10.2 Å². The van der Waals surface area contributed by atoms with Gasteiger partial charge in [-0.2, -0.15) is 0 Å². The summed E-state index contributed by atoms with van der Waals surface area (Å²) in [7, 11) is 0. The zero-order chi connectivity index (χ0) is 17.4. The molecule has 0 atom stereocenters. The van der Waals surface area contributed by atoms with Gasteiger partial charge in [0.15, 0.2) is 5.16 Å². The number of fused-ring (bicyclic) bond motifs is 1. The third-order valence-corrected chi connectivity index (χ3v) is 5.35. The number of thioether (sulfide) groups is 1. The fourth-order valence-electron chi connectivity index (χ4n) is 3.01. The average molecular weight is 357 g/mol. The number of hydrogen-bond acceptors (Lipinski definition) is 5. The second-order valence-corrected chi connectivity index (χ2v) is 7.14. The maximum absolute atomic E-state index is 12.7. The summed E-state index contributed by atoms with van der Waals surface area (Å²) in [4.78, 5) is 26.1. The second kappa shape index (κ2) is 6.51. The van der Waals surface area contributed by atoms with E-state index in [9.17, 15) is 9.59 Å². The first kappa shape index (κ1) is 16.1. The lowest BCUT2D eigenvalue weighted by Crippen LogP contribution is -2.43. The Morgan fingerprint density at radius 3 is 2.88 bits per heavy atom. The molecule has 0 bridgehead atoms. The molecule has 25 heavy (non-hydrogen) atoms. The molecule has 1 aliphatic carbocycles. The Labute approximate surface area is 149 Å². The number of para-hydroxylation sites is 2. The summed E-state index contributed by atoms with van der Waals surface area (Å²) in [6, 6.07) is 7.34. The summed E-state index contributed by atoms with van der Waals surface area (Å²) < 4.78 is 2.09. The van der Waals surface area contributed by atoms with Gasteiger partial charge in [-0.25, -0.2) is 0 Å². The van der Waals surface area contributed by atoms with Crippen molar-refractivity contribution in [1.82, 2.24) is 14.8 Å². The number of aromatic nitrogens is 3. The minimum absolute atomic E-state index is 0.0458. The van der Waals surface area contributed by atoms with E-state index in [-0.39, 0.29) is 24.1 Å². The molecule has 2 aliphatic rings. The number of nitrogens with one attached hydrogen (secondary N) is 1. The van der Waals surface area contributed by atoms with Crippen LogP contribution in [0.15, 0.2) is 29.4 Å². The van der Waals surface area contributed by atoms with E-state index in [1.165, 1.54) is 29.5 Å². The molecular formula is C17H19N5O2S. The first-order valence-corrected chi connectivity index (χ1v) is 9.41. The number of amides is 2. The number of benzene rings is 1. The molecule has 1 aromatic heterocycles. The van der Waals surface area contributed by atoms with Crippen LogP contribution >= 0.6 is 11.8 Å². The van der Waals surface area contributed by atoms with Crippen LogP contribution in [0.5, 0.6) is 0 Å². The number of carbonyl (C=O) groups is 2. The summed E-state index contributed by atoms with van der Waals surface area (Å²) in [5.41, 5.74) is 1.41. The molecule has 1 aromatic carbocycles. The second-order valence-electron chi connectivity index (χ2n) is 6.19. The van der Waals surface area contributed by atoms with E-state index < -0.39 is 0 Å². The molecule has 1 aliphatic heterocycles. The van der Waals surface area contributed by atoms with Gasteiger partial charge >= 0.3 is 0 Å². The number of anilines is 2. The van der Waals surface area contributed by atoms with Gasteiger partial charge in [0, 0.05) is 12.5 Å². The van der Waals surface area contributed by atoms with Crippen LogP contribution in [0.1, 0.15) is 31.5 Å². The van der Waals surface area contributed by atoms with Crippen LogP contribution in [0, 0.1) is 0 Å². The largest absolute Gasteiger partial charge is 0.323 e. The maximum Gasteiger partial charge on any atom is 0.244 e. The maximum atomic E-state index is 12.7. The minimum Gasteiger partial charge on any atom is -0.323 e. The Balaban J connectivity index is 1.49. The normalized spacial score (nSPS) is 16.5. The summed E-state index contributed by atoms with van der Waals surface area (Å²) >= 11 is 1.38. The molecular weight excluding hydrogens is 338 g/mol. The van der Waals surface area contributed by atoms with E-state index in [4.69, 9.17) is 0 Å². The zero-order valence-electron chi connectivity index (χ0n) is 13.9. The smallest absolute Gasteiger partial charge is 0.244 e. The van der Waals surface area contributed by atoms with E-state index in [2.05, 4.69) is 27.0 Å². The van der Waals surface area contributed by atoms with Gasteiger partial charge in [-0.1, -0.05) is 23.9 Å². The highest BCUT2D eigenvalue weighted by molar-refractivity contribution is 7.99. The molecule has 0 unspecified atom stereocenters. The van der Waals surface area contributed by atoms with E-state index in [1.54, 1.807) is 6.07 Å². The predicted molar refractivity (Wildman–Crippen MR) is 95.8 cm³/mol. The number of carbonyl (C=O) groups excluding carboxylic acids is 2. The summed E-state index contributed by atoms with van der Waals surface area (Å²) in [6.45, 7) is 2.90. The standard InChI is InChI=1S/C17H19N5O2S/c1-2-21-16(11-7-8-11)19-20-17(21)25-10-15(24)22-9-14(23)18-12-5-3-4-6-13(12)22/h3-6,11H,2,7-10H2,1H3,(H,18,23). The molecule has 8 heteroatoms. The van der Waals surface area contributed by atoms with Gasteiger partial charge in [0.25, 0.3) is 0 Å². The van der Waals surface area contributed by atoms with Gasteiger partial charge < -0.3 is 14.8 Å². The third kappa shape index (κ3) is 3.13. The molecule has 7 nitrogen and oxygen atoms in total. The van der Waals surface area contributed by atoms with E-state index in [0.29, 0.717) is 11.6 Å². The van der Waals surface area contributed by atoms with Crippen molar-refractivity contribution in [3.8, 4) is 0 Å². The van der Waals surface area contributed by atoms with Gasteiger partial charge in [0.1, 0.15) is 12.4 Å². The molecule has 2 amide bonds. The molecule has 0 radical (unpaired) electrons. The molecule has 1 saturated carbocycles. The van der Waals surface area contributed by atoms with Crippen LogP contribution in [-0.4, -0.2) is 38.9 Å².